The molecule has 3 aliphatic heterocycles. The standard InChI is InChI=1S/C28H31FN6O2S/c29-26-11-20(4-5-21(26)14-30)27-13-28(32-16-19-3-1-2-10-31-15-19)33-35(27)23-8-6-22(7-9-23)34-17-25-12-24(34)18-38(25,36)37/h4-9,11,13,19,24-25,31H,1-3,10,12,15-18H2,(H,32,33)/t19-,24?,25?/m0/s1. The summed E-state index contributed by atoms with van der Waals surface area (Å²) in [5, 5.41) is 20.7. The minimum Gasteiger partial charge on any atom is -0.368 e. The van der Waals surface area contributed by atoms with Gasteiger partial charge in [0.15, 0.2) is 9.84 Å². The molecule has 2 N–H and O–H groups in total. The Morgan fingerprint density at radius 2 is 1.95 bits per heavy atom. The van der Waals surface area contributed by atoms with Crippen molar-refractivity contribution >= 4 is 21.3 Å². The highest BCUT2D eigenvalue weighted by atomic mass is 32.2. The summed E-state index contributed by atoms with van der Waals surface area (Å²) in [7, 11) is -2.95. The van der Waals surface area contributed by atoms with Gasteiger partial charge in [0.1, 0.15) is 17.7 Å². The topological polar surface area (TPSA) is 103 Å². The molecule has 0 amide bonds. The minimum atomic E-state index is -2.95. The van der Waals surface area contributed by atoms with Gasteiger partial charge in [-0.3, -0.25) is 0 Å². The first-order valence-electron chi connectivity index (χ1n) is 13.2. The Bertz CT molecular complexity index is 1470. The number of rotatable bonds is 6. The number of nitrogens with one attached hydrogen (secondary N) is 2. The number of hydrogen-bond donors (Lipinski definition) is 2. The van der Waals surface area contributed by atoms with E-state index < -0.39 is 15.7 Å². The first-order chi connectivity index (χ1) is 18.4. The Balaban J connectivity index is 1.28. The lowest BCUT2D eigenvalue weighted by atomic mass is 10.0. The Hall–Kier alpha value is -3.42. The lowest BCUT2D eigenvalue weighted by molar-refractivity contribution is 0.502. The summed E-state index contributed by atoms with van der Waals surface area (Å²) in [6.45, 7) is 3.37. The van der Waals surface area contributed by atoms with Crippen LogP contribution in [-0.4, -0.2) is 61.4 Å². The first kappa shape index (κ1) is 24.9. The van der Waals surface area contributed by atoms with Crippen LogP contribution in [0.15, 0.2) is 48.5 Å². The van der Waals surface area contributed by atoms with Crippen molar-refractivity contribution in [2.75, 3.05) is 42.1 Å². The zero-order valence-corrected chi connectivity index (χ0v) is 21.9. The maximum atomic E-state index is 14.5. The first-order valence-corrected chi connectivity index (χ1v) is 15.0. The predicted molar refractivity (Wildman–Crippen MR) is 146 cm³/mol. The number of fused-ring (bicyclic) bond motifs is 2. The second kappa shape index (κ2) is 10.0. The van der Waals surface area contributed by atoms with E-state index in [-0.39, 0.29) is 22.6 Å². The molecule has 0 spiro atoms. The SMILES string of the molecule is N#Cc1ccc(-c2cc(NC[C@H]3CCCCNC3)nn2-c2ccc(N3CC4CC3CS4(=O)=O)cc2)cc1F. The molecule has 2 bridgehead atoms. The summed E-state index contributed by atoms with van der Waals surface area (Å²) in [5.41, 5.74) is 3.16. The van der Waals surface area contributed by atoms with Gasteiger partial charge in [0.2, 0.25) is 0 Å². The molecule has 2 aromatic carbocycles. The van der Waals surface area contributed by atoms with Crippen LogP contribution in [0.25, 0.3) is 16.9 Å². The van der Waals surface area contributed by atoms with Crippen LogP contribution in [0.3, 0.4) is 0 Å². The van der Waals surface area contributed by atoms with E-state index >= 15 is 0 Å². The molecule has 0 radical (unpaired) electrons. The normalized spacial score (nSPS) is 24.2. The van der Waals surface area contributed by atoms with Crippen LogP contribution in [0.1, 0.15) is 31.2 Å². The third kappa shape index (κ3) is 4.76. The molecule has 198 valence electrons. The number of nitriles is 1. The van der Waals surface area contributed by atoms with Crippen molar-refractivity contribution in [3.8, 4) is 23.0 Å². The van der Waals surface area contributed by atoms with Crippen molar-refractivity contribution in [2.24, 2.45) is 5.92 Å². The fraction of sp³-hybridized carbons (Fsp3) is 0.429. The van der Waals surface area contributed by atoms with E-state index in [2.05, 4.69) is 15.5 Å². The highest BCUT2D eigenvalue weighted by Gasteiger charge is 2.48. The molecule has 1 aromatic heterocycles. The van der Waals surface area contributed by atoms with Gasteiger partial charge >= 0.3 is 0 Å². The third-order valence-electron chi connectivity index (χ3n) is 8.05. The molecule has 4 heterocycles. The number of halogens is 1. The van der Waals surface area contributed by atoms with E-state index in [1.54, 1.807) is 10.7 Å². The van der Waals surface area contributed by atoms with Gasteiger partial charge in [-0.2, -0.15) is 5.26 Å². The Morgan fingerprint density at radius 1 is 1.13 bits per heavy atom. The van der Waals surface area contributed by atoms with Crippen molar-refractivity contribution in [1.29, 1.82) is 5.26 Å². The quantitative estimate of drug-likeness (QED) is 0.497. The van der Waals surface area contributed by atoms with Gasteiger partial charge < -0.3 is 15.5 Å². The number of anilines is 2. The van der Waals surface area contributed by atoms with Crippen LogP contribution in [0.5, 0.6) is 0 Å². The largest absolute Gasteiger partial charge is 0.368 e. The van der Waals surface area contributed by atoms with Gasteiger partial charge in [-0.05, 0) is 74.7 Å². The molecule has 8 nitrogen and oxygen atoms in total. The Labute approximate surface area is 222 Å². The van der Waals surface area contributed by atoms with Crippen molar-refractivity contribution in [1.82, 2.24) is 15.1 Å². The van der Waals surface area contributed by atoms with Crippen LogP contribution in [-0.2, 0) is 9.84 Å². The van der Waals surface area contributed by atoms with Crippen LogP contribution in [0.4, 0.5) is 15.9 Å². The van der Waals surface area contributed by atoms with Crippen LogP contribution in [0, 0.1) is 23.1 Å². The summed E-state index contributed by atoms with van der Waals surface area (Å²) in [5.74, 6) is 0.877. The van der Waals surface area contributed by atoms with Crippen LogP contribution < -0.4 is 15.5 Å². The molecule has 3 aromatic rings. The zero-order valence-electron chi connectivity index (χ0n) is 21.1. The number of nitrogens with zero attached hydrogens (tertiary/aromatic N) is 4. The lowest BCUT2D eigenvalue weighted by Crippen LogP contribution is -2.40. The maximum Gasteiger partial charge on any atom is 0.156 e. The number of hydrogen-bond acceptors (Lipinski definition) is 7. The highest BCUT2D eigenvalue weighted by Crippen LogP contribution is 2.37. The van der Waals surface area contributed by atoms with E-state index in [4.69, 9.17) is 10.4 Å². The zero-order chi connectivity index (χ0) is 26.3. The number of sulfone groups is 1. The second-order valence-corrected chi connectivity index (χ2v) is 12.9. The molecular formula is C28H31FN6O2S. The Kier molecular flexibility index (Phi) is 6.58. The van der Waals surface area contributed by atoms with E-state index in [9.17, 15) is 12.8 Å². The molecule has 2 unspecified atom stereocenters. The van der Waals surface area contributed by atoms with Crippen molar-refractivity contribution in [3.05, 3.63) is 59.9 Å². The molecule has 0 aliphatic carbocycles. The van der Waals surface area contributed by atoms with E-state index in [1.165, 1.54) is 25.0 Å². The molecule has 6 rings (SSSR count). The summed E-state index contributed by atoms with van der Waals surface area (Å²) < 4.78 is 40.6. The monoisotopic (exact) mass is 534 g/mol. The molecule has 38 heavy (non-hydrogen) atoms. The van der Waals surface area contributed by atoms with Crippen LogP contribution >= 0.6 is 0 Å². The fourth-order valence-corrected chi connectivity index (χ4v) is 7.97. The third-order valence-corrected chi connectivity index (χ3v) is 10.3. The minimum absolute atomic E-state index is 0.00491. The smallest absolute Gasteiger partial charge is 0.156 e. The summed E-state index contributed by atoms with van der Waals surface area (Å²) in [6, 6.07) is 16.4. The molecule has 3 atom stereocenters. The van der Waals surface area contributed by atoms with Crippen molar-refractivity contribution in [2.45, 2.75) is 37.0 Å². The number of aromatic nitrogens is 2. The van der Waals surface area contributed by atoms with Gasteiger partial charge in [-0.25, -0.2) is 17.5 Å². The van der Waals surface area contributed by atoms with E-state index in [0.717, 1.165) is 37.4 Å². The lowest BCUT2D eigenvalue weighted by Gasteiger charge is -2.29. The van der Waals surface area contributed by atoms with Gasteiger partial charge in [0.05, 0.1) is 27.9 Å². The van der Waals surface area contributed by atoms with E-state index in [0.29, 0.717) is 36.0 Å². The van der Waals surface area contributed by atoms with Gasteiger partial charge in [0, 0.05) is 36.4 Å². The molecule has 3 aliphatic rings. The maximum absolute atomic E-state index is 14.5. The van der Waals surface area contributed by atoms with Gasteiger partial charge in [0.25, 0.3) is 0 Å². The average Bonchev–Trinajstić information content (AvgIpc) is 3.54. The van der Waals surface area contributed by atoms with Gasteiger partial charge in [-0.1, -0.05) is 12.5 Å². The molecule has 0 saturated carbocycles. The molecule has 3 fully saturated rings. The fourth-order valence-electron chi connectivity index (χ4n) is 5.95. The van der Waals surface area contributed by atoms with Gasteiger partial charge in [-0.15, -0.1) is 5.10 Å². The number of benzene rings is 2. The predicted octanol–water partition coefficient (Wildman–Crippen LogP) is 3.73. The molecular weight excluding hydrogens is 503 g/mol. The Morgan fingerprint density at radius 3 is 2.66 bits per heavy atom. The molecule has 3 saturated heterocycles. The van der Waals surface area contributed by atoms with Crippen LogP contribution in [0.2, 0.25) is 0 Å². The van der Waals surface area contributed by atoms with Crippen molar-refractivity contribution in [3.63, 3.8) is 0 Å². The molecule has 10 heteroatoms. The average molecular weight is 535 g/mol. The second-order valence-electron chi connectivity index (χ2n) is 10.6. The highest BCUT2D eigenvalue weighted by molar-refractivity contribution is 7.92. The summed E-state index contributed by atoms with van der Waals surface area (Å²) in [4.78, 5) is 2.18. The van der Waals surface area contributed by atoms with E-state index in [1.807, 2.05) is 36.4 Å². The summed E-state index contributed by atoms with van der Waals surface area (Å²) >= 11 is 0. The summed E-state index contributed by atoms with van der Waals surface area (Å²) in [6.07, 6.45) is 4.27. The van der Waals surface area contributed by atoms with Crippen molar-refractivity contribution < 1.29 is 12.8 Å².